The van der Waals surface area contributed by atoms with Crippen LogP contribution in [-0.2, 0) is 16.1 Å². The molecule has 1 unspecified atom stereocenters. The monoisotopic (exact) mass is 432 g/mol. The van der Waals surface area contributed by atoms with Gasteiger partial charge in [-0.05, 0) is 62.7 Å². The van der Waals surface area contributed by atoms with Gasteiger partial charge in [-0.2, -0.15) is 0 Å². The first-order valence-corrected chi connectivity index (χ1v) is 10.4. The van der Waals surface area contributed by atoms with Gasteiger partial charge in [0.05, 0.1) is 11.7 Å². The number of hydrogen-bond donors (Lipinski definition) is 1. The van der Waals surface area contributed by atoms with Crippen molar-refractivity contribution in [2.24, 2.45) is 0 Å². The van der Waals surface area contributed by atoms with Crippen LogP contribution in [0.5, 0.6) is 5.75 Å². The van der Waals surface area contributed by atoms with E-state index in [1.165, 1.54) is 4.90 Å². The van der Waals surface area contributed by atoms with Crippen molar-refractivity contribution in [2.75, 3.05) is 0 Å². The number of carbonyl (C=O) groups excluding carboxylic acids is 2. The van der Waals surface area contributed by atoms with Crippen LogP contribution in [0.1, 0.15) is 42.5 Å². The van der Waals surface area contributed by atoms with E-state index in [0.29, 0.717) is 22.8 Å². The van der Waals surface area contributed by atoms with Crippen molar-refractivity contribution in [3.05, 3.63) is 89.1 Å². The summed E-state index contributed by atoms with van der Waals surface area (Å²) in [4.78, 5) is 31.5. The van der Waals surface area contributed by atoms with E-state index >= 15 is 0 Å². The average molecular weight is 432 g/mol. The third kappa shape index (κ3) is 4.14. The van der Waals surface area contributed by atoms with E-state index in [9.17, 15) is 14.7 Å². The first kappa shape index (κ1) is 21.4. The van der Waals surface area contributed by atoms with Crippen LogP contribution in [-0.4, -0.2) is 32.8 Å². The molecule has 3 heterocycles. The van der Waals surface area contributed by atoms with Crippen molar-refractivity contribution in [2.45, 2.75) is 39.5 Å². The van der Waals surface area contributed by atoms with Gasteiger partial charge in [0.1, 0.15) is 29.1 Å². The van der Waals surface area contributed by atoms with E-state index in [0.717, 1.165) is 5.56 Å². The lowest BCUT2D eigenvalue weighted by Gasteiger charge is -2.23. The van der Waals surface area contributed by atoms with Crippen LogP contribution in [0.3, 0.4) is 0 Å². The second-order valence-corrected chi connectivity index (χ2v) is 7.93. The fraction of sp³-hybridized carbons (Fsp3) is 0.240. The van der Waals surface area contributed by atoms with Crippen molar-refractivity contribution < 1.29 is 23.8 Å². The van der Waals surface area contributed by atoms with E-state index in [1.807, 2.05) is 13.8 Å². The zero-order valence-electron chi connectivity index (χ0n) is 18.1. The van der Waals surface area contributed by atoms with Gasteiger partial charge in [0.15, 0.2) is 0 Å². The highest BCUT2D eigenvalue weighted by Crippen LogP contribution is 2.41. The molecule has 32 heavy (non-hydrogen) atoms. The van der Waals surface area contributed by atoms with Crippen LogP contribution in [0.2, 0.25) is 0 Å². The van der Waals surface area contributed by atoms with Gasteiger partial charge in [0.2, 0.25) is 0 Å². The summed E-state index contributed by atoms with van der Waals surface area (Å²) in [6.07, 6.45) is 3.19. The summed E-state index contributed by atoms with van der Waals surface area (Å²) >= 11 is 0. The fourth-order valence-corrected chi connectivity index (χ4v) is 3.77. The van der Waals surface area contributed by atoms with Crippen LogP contribution in [0.15, 0.2) is 70.9 Å². The summed E-state index contributed by atoms with van der Waals surface area (Å²) in [7, 11) is 0. The Morgan fingerprint density at radius 3 is 2.56 bits per heavy atom. The Balaban J connectivity index is 1.82. The molecule has 7 heteroatoms. The lowest BCUT2D eigenvalue weighted by Crippen LogP contribution is -2.29. The van der Waals surface area contributed by atoms with Crippen LogP contribution in [0.4, 0.5) is 0 Å². The molecule has 1 N–H and O–H groups in total. The molecule has 3 aromatic rings. The summed E-state index contributed by atoms with van der Waals surface area (Å²) in [6.45, 7) is 5.75. The Morgan fingerprint density at radius 2 is 1.91 bits per heavy atom. The molecule has 4 rings (SSSR count). The van der Waals surface area contributed by atoms with Gasteiger partial charge in [-0.15, -0.1) is 0 Å². The maximum Gasteiger partial charge on any atom is 0.296 e. The molecule has 1 aliphatic rings. The van der Waals surface area contributed by atoms with Gasteiger partial charge in [0, 0.05) is 24.5 Å². The number of likely N-dealkylation sites (tertiary alicyclic amines) is 1. The smallest absolute Gasteiger partial charge is 0.296 e. The molecule has 7 nitrogen and oxygen atoms in total. The van der Waals surface area contributed by atoms with Crippen LogP contribution < -0.4 is 4.74 Å². The molecule has 2 aromatic heterocycles. The van der Waals surface area contributed by atoms with Gasteiger partial charge in [-0.25, -0.2) is 0 Å². The minimum atomic E-state index is -0.855. The average Bonchev–Trinajstić information content (AvgIpc) is 3.30. The highest BCUT2D eigenvalue weighted by atomic mass is 16.5. The minimum absolute atomic E-state index is 0.0138. The predicted molar refractivity (Wildman–Crippen MR) is 118 cm³/mol. The highest BCUT2D eigenvalue weighted by molar-refractivity contribution is 6.46. The maximum atomic E-state index is 13.1. The molecule has 0 spiro atoms. The molecular weight excluding hydrogens is 408 g/mol. The number of amides is 1. The Bertz CT molecular complexity index is 1180. The number of rotatable bonds is 6. The Kier molecular flexibility index (Phi) is 5.81. The van der Waals surface area contributed by atoms with Crippen LogP contribution >= 0.6 is 0 Å². The number of ketones is 1. The lowest BCUT2D eigenvalue weighted by molar-refractivity contribution is -0.140. The number of aromatic nitrogens is 1. The quantitative estimate of drug-likeness (QED) is 0.353. The predicted octanol–water partition coefficient (Wildman–Crippen LogP) is 4.39. The van der Waals surface area contributed by atoms with Gasteiger partial charge in [-0.3, -0.25) is 14.6 Å². The van der Waals surface area contributed by atoms with Gasteiger partial charge >= 0.3 is 0 Å². The standard InChI is InChI=1S/C25H24N2O5/c1-15(2)31-19-6-4-5-18(13-19)23(28)21-22(20-8-7-16(3)32-20)27(25(30)24(21)29)14-17-9-11-26-12-10-17/h4-13,15,22,28H,14H2,1-3H3/b23-21-. The number of aryl methyl sites for hydroxylation is 1. The zero-order valence-corrected chi connectivity index (χ0v) is 18.1. The van der Waals surface area contributed by atoms with Crippen LogP contribution in [0, 0.1) is 6.92 Å². The van der Waals surface area contributed by atoms with E-state index in [1.54, 1.807) is 67.8 Å². The van der Waals surface area contributed by atoms with E-state index in [2.05, 4.69) is 4.98 Å². The van der Waals surface area contributed by atoms with Crippen molar-refractivity contribution in [3.63, 3.8) is 0 Å². The molecule has 1 aliphatic heterocycles. The van der Waals surface area contributed by atoms with E-state index in [-0.39, 0.29) is 24.0 Å². The molecule has 1 saturated heterocycles. The summed E-state index contributed by atoms with van der Waals surface area (Å²) in [5, 5.41) is 11.2. The van der Waals surface area contributed by atoms with Crippen LogP contribution in [0.25, 0.3) is 5.76 Å². The van der Waals surface area contributed by atoms with E-state index < -0.39 is 17.7 Å². The normalized spacial score (nSPS) is 17.9. The lowest BCUT2D eigenvalue weighted by atomic mass is 9.99. The number of aliphatic hydroxyl groups excluding tert-OH is 1. The molecule has 1 aromatic carbocycles. The Morgan fingerprint density at radius 1 is 1.16 bits per heavy atom. The van der Waals surface area contributed by atoms with E-state index in [4.69, 9.17) is 9.15 Å². The number of nitrogens with zero attached hydrogens (tertiary/aromatic N) is 2. The molecule has 1 amide bonds. The Labute approximate surface area is 186 Å². The SMILES string of the molecule is Cc1ccc(C2/C(=C(/O)c3cccc(OC(C)C)c3)C(=O)C(=O)N2Cc2ccncc2)o1. The van der Waals surface area contributed by atoms with Crippen molar-refractivity contribution in [3.8, 4) is 5.75 Å². The molecule has 0 aliphatic carbocycles. The number of furan rings is 1. The third-order valence-electron chi connectivity index (χ3n) is 5.15. The second kappa shape index (κ2) is 8.70. The molecule has 1 atom stereocenters. The summed E-state index contributed by atoms with van der Waals surface area (Å²) in [6, 6.07) is 13.0. The second-order valence-electron chi connectivity index (χ2n) is 7.93. The van der Waals surface area contributed by atoms with Crippen molar-refractivity contribution >= 4 is 17.4 Å². The van der Waals surface area contributed by atoms with Gasteiger partial charge in [-0.1, -0.05) is 12.1 Å². The number of aliphatic hydroxyl groups is 1. The molecule has 0 radical (unpaired) electrons. The number of pyridine rings is 1. The number of hydrogen-bond acceptors (Lipinski definition) is 6. The number of carbonyl (C=O) groups is 2. The zero-order chi connectivity index (χ0) is 22.8. The maximum absolute atomic E-state index is 13.1. The summed E-state index contributed by atoms with van der Waals surface area (Å²) in [5.74, 6) is -0.120. The van der Waals surface area contributed by atoms with Gasteiger partial charge < -0.3 is 19.2 Å². The van der Waals surface area contributed by atoms with Crippen molar-refractivity contribution in [1.29, 1.82) is 0 Å². The van der Waals surface area contributed by atoms with Gasteiger partial charge in [0.25, 0.3) is 11.7 Å². The number of benzene rings is 1. The first-order valence-electron chi connectivity index (χ1n) is 10.4. The summed E-state index contributed by atoms with van der Waals surface area (Å²) in [5.41, 5.74) is 1.18. The number of Topliss-reactive ketones (excluding diaryl/α,β-unsaturated/α-hetero) is 1. The molecule has 164 valence electrons. The van der Waals surface area contributed by atoms with Crippen molar-refractivity contribution in [1.82, 2.24) is 9.88 Å². The molecule has 0 saturated carbocycles. The minimum Gasteiger partial charge on any atom is -0.507 e. The molecule has 1 fully saturated rings. The number of ether oxygens (including phenoxy) is 1. The Hall–Kier alpha value is -3.87. The first-order chi connectivity index (χ1) is 15.3. The highest BCUT2D eigenvalue weighted by Gasteiger charge is 2.47. The summed E-state index contributed by atoms with van der Waals surface area (Å²) < 4.78 is 11.5. The topological polar surface area (TPSA) is 92.9 Å². The molecule has 0 bridgehead atoms. The third-order valence-corrected chi connectivity index (χ3v) is 5.15. The largest absolute Gasteiger partial charge is 0.507 e. The molecular formula is C25H24N2O5. The fourth-order valence-electron chi connectivity index (χ4n) is 3.77.